The fraction of sp³-hybridized carbons (Fsp3) is 0.286. The van der Waals surface area contributed by atoms with Gasteiger partial charge in [0.1, 0.15) is 0 Å². The second-order valence-electron chi connectivity index (χ2n) is 4.12. The summed E-state index contributed by atoms with van der Waals surface area (Å²) < 4.78 is 0. The fourth-order valence-electron chi connectivity index (χ4n) is 2.10. The lowest BCUT2D eigenvalue weighted by Crippen LogP contribution is -2.20. The van der Waals surface area contributed by atoms with Crippen LogP contribution in [0.25, 0.3) is 0 Å². The van der Waals surface area contributed by atoms with Crippen molar-refractivity contribution in [1.82, 2.24) is 4.90 Å². The molecule has 0 amide bonds. The lowest BCUT2D eigenvalue weighted by Gasteiger charge is -2.25. The second-order valence-corrected chi connectivity index (χ2v) is 4.12. The first-order valence-electron chi connectivity index (χ1n) is 5.37. The van der Waals surface area contributed by atoms with Crippen LogP contribution >= 0.6 is 0 Å². The number of hydrogen-bond donors (Lipinski definition) is 0. The molecule has 0 radical (unpaired) electrons. The van der Waals surface area contributed by atoms with Crippen LogP contribution in [0.4, 0.5) is 0 Å². The number of benzene rings is 1. The zero-order valence-corrected chi connectivity index (χ0v) is 9.35. The maximum absolute atomic E-state index is 2.30. The van der Waals surface area contributed by atoms with E-state index in [0.717, 1.165) is 6.42 Å². The van der Waals surface area contributed by atoms with E-state index in [4.69, 9.17) is 0 Å². The molecule has 2 rings (SSSR count). The van der Waals surface area contributed by atoms with Crippen molar-refractivity contribution < 1.29 is 0 Å². The summed E-state index contributed by atoms with van der Waals surface area (Å²) in [6.45, 7) is 0. The molecule has 0 bridgehead atoms. The van der Waals surface area contributed by atoms with Crippen LogP contribution in [0.3, 0.4) is 0 Å². The van der Waals surface area contributed by atoms with E-state index < -0.39 is 0 Å². The van der Waals surface area contributed by atoms with Gasteiger partial charge in [-0.2, -0.15) is 0 Å². The Morgan fingerprint density at radius 1 is 1.13 bits per heavy atom. The summed E-state index contributed by atoms with van der Waals surface area (Å²) in [6, 6.07) is 11.0. The van der Waals surface area contributed by atoms with Crippen LogP contribution in [0.15, 0.2) is 54.1 Å². The predicted octanol–water partition coefficient (Wildman–Crippen LogP) is 3.18. The quantitative estimate of drug-likeness (QED) is 0.722. The molecule has 1 nitrogen and oxygen atoms in total. The minimum atomic E-state index is 0.393. The van der Waals surface area contributed by atoms with E-state index in [1.807, 2.05) is 0 Å². The second kappa shape index (κ2) is 4.45. The maximum Gasteiger partial charge on any atom is 0.0593 e. The summed E-state index contributed by atoms with van der Waals surface area (Å²) in [4.78, 5) is 2.26. The highest BCUT2D eigenvalue weighted by atomic mass is 15.1. The van der Waals surface area contributed by atoms with Crippen LogP contribution in [0, 0.1) is 0 Å². The molecule has 0 fully saturated rings. The van der Waals surface area contributed by atoms with Gasteiger partial charge < -0.3 is 0 Å². The molecule has 1 atom stereocenters. The molecule has 78 valence electrons. The molecule has 1 aliphatic rings. The van der Waals surface area contributed by atoms with E-state index in [2.05, 4.69) is 67.6 Å². The van der Waals surface area contributed by atoms with E-state index in [9.17, 15) is 0 Å². The molecule has 1 unspecified atom stereocenters. The molecule has 0 saturated heterocycles. The average molecular weight is 199 g/mol. The Hall–Kier alpha value is -1.34. The van der Waals surface area contributed by atoms with Gasteiger partial charge in [-0.25, -0.2) is 0 Å². The van der Waals surface area contributed by atoms with E-state index in [0.29, 0.717) is 6.04 Å². The summed E-state index contributed by atoms with van der Waals surface area (Å²) in [5, 5.41) is 0. The van der Waals surface area contributed by atoms with E-state index in [-0.39, 0.29) is 0 Å². The first kappa shape index (κ1) is 10.2. The molecule has 0 aromatic heterocycles. The highest BCUT2D eigenvalue weighted by molar-refractivity contribution is 5.37. The summed E-state index contributed by atoms with van der Waals surface area (Å²) in [5.41, 5.74) is 2.77. The third-order valence-electron chi connectivity index (χ3n) is 2.75. The van der Waals surface area contributed by atoms with Gasteiger partial charge >= 0.3 is 0 Å². The van der Waals surface area contributed by atoms with Gasteiger partial charge in [-0.1, -0.05) is 48.6 Å². The first-order valence-corrected chi connectivity index (χ1v) is 5.37. The molecule has 1 aromatic rings. The largest absolute Gasteiger partial charge is 0.299 e. The third-order valence-corrected chi connectivity index (χ3v) is 2.75. The maximum atomic E-state index is 2.30. The third kappa shape index (κ3) is 2.18. The standard InChI is InChI=1S/C14H17N/c1-15(2)14(13-10-6-7-11-13)12-8-4-3-5-9-12/h3-6,8-11,14H,7H2,1-2H3. The van der Waals surface area contributed by atoms with Crippen LogP contribution in [-0.4, -0.2) is 19.0 Å². The van der Waals surface area contributed by atoms with Crippen LogP contribution in [-0.2, 0) is 0 Å². The van der Waals surface area contributed by atoms with Gasteiger partial charge in [-0.15, -0.1) is 0 Å². The number of likely N-dealkylation sites (N-methyl/N-ethyl adjacent to an activating group) is 1. The predicted molar refractivity (Wildman–Crippen MR) is 64.7 cm³/mol. The Bertz CT molecular complexity index is 374. The van der Waals surface area contributed by atoms with Crippen molar-refractivity contribution in [3.05, 3.63) is 59.7 Å². The van der Waals surface area contributed by atoms with Crippen molar-refractivity contribution >= 4 is 0 Å². The van der Waals surface area contributed by atoms with Crippen LogP contribution < -0.4 is 0 Å². The molecular formula is C14H17N. The van der Waals surface area contributed by atoms with Crippen molar-refractivity contribution in [1.29, 1.82) is 0 Å². The Labute approximate surface area is 91.7 Å². The van der Waals surface area contributed by atoms with Gasteiger partial charge in [-0.05, 0) is 31.7 Å². The summed E-state index contributed by atoms with van der Waals surface area (Å²) in [6.07, 6.45) is 7.83. The van der Waals surface area contributed by atoms with Crippen LogP contribution in [0.5, 0.6) is 0 Å². The van der Waals surface area contributed by atoms with Crippen molar-refractivity contribution in [2.45, 2.75) is 12.5 Å². The number of allylic oxidation sites excluding steroid dienone is 2. The van der Waals surface area contributed by atoms with Gasteiger partial charge in [0.15, 0.2) is 0 Å². The molecule has 1 heteroatoms. The van der Waals surface area contributed by atoms with Gasteiger partial charge in [0.2, 0.25) is 0 Å². The molecule has 0 heterocycles. The van der Waals surface area contributed by atoms with Gasteiger partial charge in [0, 0.05) is 0 Å². The average Bonchev–Trinajstić information content (AvgIpc) is 2.72. The fourth-order valence-corrected chi connectivity index (χ4v) is 2.10. The highest BCUT2D eigenvalue weighted by Gasteiger charge is 2.17. The van der Waals surface area contributed by atoms with Gasteiger partial charge in [0.25, 0.3) is 0 Å². The molecule has 0 spiro atoms. The summed E-state index contributed by atoms with van der Waals surface area (Å²) in [5.74, 6) is 0. The lowest BCUT2D eigenvalue weighted by atomic mass is 9.99. The molecular weight excluding hydrogens is 182 g/mol. The zero-order chi connectivity index (χ0) is 10.7. The molecule has 0 aliphatic heterocycles. The smallest absolute Gasteiger partial charge is 0.0593 e. The minimum Gasteiger partial charge on any atom is -0.299 e. The molecule has 15 heavy (non-hydrogen) atoms. The Kier molecular flexibility index (Phi) is 3.02. The highest BCUT2D eigenvalue weighted by Crippen LogP contribution is 2.29. The normalized spacial score (nSPS) is 16.9. The van der Waals surface area contributed by atoms with Crippen LogP contribution in [0.2, 0.25) is 0 Å². The van der Waals surface area contributed by atoms with E-state index >= 15 is 0 Å². The van der Waals surface area contributed by atoms with E-state index in [1.165, 1.54) is 11.1 Å². The molecule has 0 saturated carbocycles. The molecule has 1 aromatic carbocycles. The van der Waals surface area contributed by atoms with Gasteiger partial charge in [0.05, 0.1) is 6.04 Å². The number of rotatable bonds is 3. The summed E-state index contributed by atoms with van der Waals surface area (Å²) >= 11 is 0. The Morgan fingerprint density at radius 3 is 2.40 bits per heavy atom. The van der Waals surface area contributed by atoms with Crippen molar-refractivity contribution in [2.75, 3.05) is 14.1 Å². The van der Waals surface area contributed by atoms with Crippen molar-refractivity contribution in [2.24, 2.45) is 0 Å². The van der Waals surface area contributed by atoms with Crippen molar-refractivity contribution in [3.63, 3.8) is 0 Å². The SMILES string of the molecule is CN(C)C(C1=CCC=C1)c1ccccc1. The van der Waals surface area contributed by atoms with Crippen molar-refractivity contribution in [3.8, 4) is 0 Å². The van der Waals surface area contributed by atoms with Gasteiger partial charge in [-0.3, -0.25) is 4.90 Å². The number of nitrogens with zero attached hydrogens (tertiary/aromatic N) is 1. The Morgan fingerprint density at radius 2 is 1.87 bits per heavy atom. The van der Waals surface area contributed by atoms with Crippen LogP contribution in [0.1, 0.15) is 18.0 Å². The monoisotopic (exact) mass is 199 g/mol. The summed E-state index contributed by atoms with van der Waals surface area (Å²) in [7, 11) is 4.26. The first-order chi connectivity index (χ1) is 7.29. The topological polar surface area (TPSA) is 3.24 Å². The molecule has 0 N–H and O–H groups in total. The Balaban J connectivity index is 2.32. The van der Waals surface area contributed by atoms with E-state index in [1.54, 1.807) is 0 Å². The molecule has 1 aliphatic carbocycles. The zero-order valence-electron chi connectivity index (χ0n) is 9.35. The lowest BCUT2D eigenvalue weighted by molar-refractivity contribution is 0.342. The number of hydrogen-bond acceptors (Lipinski definition) is 1. The minimum absolute atomic E-state index is 0.393.